The first kappa shape index (κ1) is 13.1. The fraction of sp³-hybridized carbons (Fsp3) is 0.182. The van der Waals surface area contributed by atoms with Crippen LogP contribution in [0.1, 0.15) is 10.4 Å². The topological polar surface area (TPSA) is 75.3 Å². The molecule has 5 nitrogen and oxygen atoms in total. The molecule has 0 spiro atoms. The molecule has 17 heavy (non-hydrogen) atoms. The van der Waals surface area contributed by atoms with Crippen LogP contribution in [0.3, 0.4) is 0 Å². The molecular weight excluding hydrogens is 240 g/mol. The van der Waals surface area contributed by atoms with Crippen molar-refractivity contribution in [2.75, 3.05) is 17.5 Å². The number of terminal acetylenes is 1. The Kier molecular flexibility index (Phi) is 4.12. The van der Waals surface area contributed by atoms with Crippen LogP contribution in [0, 0.1) is 12.3 Å². The normalized spacial score (nSPS) is 10.4. The van der Waals surface area contributed by atoms with Gasteiger partial charge in [-0.2, -0.15) is 0 Å². The molecule has 0 heterocycles. The van der Waals surface area contributed by atoms with E-state index in [9.17, 15) is 13.2 Å². The standard InChI is InChI=1S/C11H12N2O3S/c1-3-8-12-11(14)9-4-6-10(7-5-9)13-17(2,15)16/h1,4-7,13H,8H2,2H3,(H,12,14). The van der Waals surface area contributed by atoms with Gasteiger partial charge in [-0.25, -0.2) is 8.42 Å². The van der Waals surface area contributed by atoms with E-state index in [1.54, 1.807) is 0 Å². The molecule has 1 amide bonds. The Labute approximate surface area is 100 Å². The number of benzene rings is 1. The molecule has 0 unspecified atom stereocenters. The maximum Gasteiger partial charge on any atom is 0.252 e. The zero-order valence-electron chi connectivity index (χ0n) is 9.23. The van der Waals surface area contributed by atoms with Gasteiger partial charge in [-0.3, -0.25) is 9.52 Å². The SMILES string of the molecule is C#CCNC(=O)c1ccc(NS(C)(=O)=O)cc1. The molecule has 0 saturated heterocycles. The van der Waals surface area contributed by atoms with Gasteiger partial charge in [0.25, 0.3) is 5.91 Å². The zero-order chi connectivity index (χ0) is 12.9. The molecule has 0 radical (unpaired) electrons. The molecule has 0 bridgehead atoms. The summed E-state index contributed by atoms with van der Waals surface area (Å²) in [5.74, 6) is 1.99. The lowest BCUT2D eigenvalue weighted by Crippen LogP contribution is -2.23. The number of rotatable bonds is 4. The minimum atomic E-state index is -3.30. The molecule has 1 aromatic carbocycles. The maximum absolute atomic E-state index is 11.5. The number of hydrogen-bond donors (Lipinski definition) is 2. The summed E-state index contributed by atoms with van der Waals surface area (Å²) in [6.45, 7) is 0.155. The predicted octanol–water partition coefficient (Wildman–Crippen LogP) is 0.421. The third-order valence-corrected chi connectivity index (χ3v) is 2.41. The lowest BCUT2D eigenvalue weighted by atomic mass is 10.2. The van der Waals surface area contributed by atoms with Crippen molar-refractivity contribution in [3.63, 3.8) is 0 Å². The van der Waals surface area contributed by atoms with Gasteiger partial charge in [-0.1, -0.05) is 5.92 Å². The Hall–Kier alpha value is -2.00. The van der Waals surface area contributed by atoms with Gasteiger partial charge in [0.05, 0.1) is 12.8 Å². The highest BCUT2D eigenvalue weighted by Crippen LogP contribution is 2.10. The maximum atomic E-state index is 11.5. The monoisotopic (exact) mass is 252 g/mol. The van der Waals surface area contributed by atoms with E-state index in [4.69, 9.17) is 6.42 Å². The van der Waals surface area contributed by atoms with Crippen LogP contribution in [-0.2, 0) is 10.0 Å². The van der Waals surface area contributed by atoms with Crippen LogP contribution in [0.25, 0.3) is 0 Å². The van der Waals surface area contributed by atoms with Gasteiger partial charge in [0.2, 0.25) is 10.0 Å². The molecule has 1 rings (SSSR count). The molecule has 0 aromatic heterocycles. The van der Waals surface area contributed by atoms with Crippen molar-refractivity contribution in [2.45, 2.75) is 0 Å². The van der Waals surface area contributed by atoms with Gasteiger partial charge in [0, 0.05) is 11.3 Å². The van der Waals surface area contributed by atoms with Gasteiger partial charge in [0.1, 0.15) is 0 Å². The summed E-state index contributed by atoms with van der Waals surface area (Å²) in [5.41, 5.74) is 0.820. The fourth-order valence-corrected chi connectivity index (χ4v) is 1.70. The van der Waals surface area contributed by atoms with Crippen LogP contribution in [0.2, 0.25) is 0 Å². The Morgan fingerprint density at radius 3 is 2.41 bits per heavy atom. The first-order valence-electron chi connectivity index (χ1n) is 4.72. The first-order chi connectivity index (χ1) is 7.92. The minimum absolute atomic E-state index is 0.155. The van der Waals surface area contributed by atoms with E-state index >= 15 is 0 Å². The molecule has 2 N–H and O–H groups in total. The van der Waals surface area contributed by atoms with Crippen molar-refractivity contribution in [2.24, 2.45) is 0 Å². The molecule has 1 aromatic rings. The molecule has 0 aliphatic carbocycles. The van der Waals surface area contributed by atoms with Gasteiger partial charge in [-0.15, -0.1) is 6.42 Å². The molecule has 0 fully saturated rings. The van der Waals surface area contributed by atoms with E-state index in [0.29, 0.717) is 11.3 Å². The van der Waals surface area contributed by atoms with Crippen LogP contribution < -0.4 is 10.0 Å². The van der Waals surface area contributed by atoms with Gasteiger partial charge >= 0.3 is 0 Å². The van der Waals surface area contributed by atoms with Gasteiger partial charge < -0.3 is 5.32 Å². The molecule has 90 valence electrons. The molecule has 0 aliphatic heterocycles. The van der Waals surface area contributed by atoms with E-state index < -0.39 is 10.0 Å². The van der Waals surface area contributed by atoms with Crippen LogP contribution in [-0.4, -0.2) is 27.1 Å². The van der Waals surface area contributed by atoms with Crippen LogP contribution in [0.15, 0.2) is 24.3 Å². The highest BCUT2D eigenvalue weighted by Gasteiger charge is 2.05. The Morgan fingerprint density at radius 2 is 1.94 bits per heavy atom. The highest BCUT2D eigenvalue weighted by atomic mass is 32.2. The second kappa shape index (κ2) is 5.37. The molecule has 0 aliphatic rings. The predicted molar refractivity (Wildman–Crippen MR) is 66.1 cm³/mol. The summed E-state index contributed by atoms with van der Waals surface area (Å²) >= 11 is 0. The summed E-state index contributed by atoms with van der Waals surface area (Å²) < 4.78 is 24.2. The summed E-state index contributed by atoms with van der Waals surface area (Å²) in [7, 11) is -3.30. The van der Waals surface area contributed by atoms with E-state index in [-0.39, 0.29) is 12.5 Å². The van der Waals surface area contributed by atoms with Crippen molar-refractivity contribution in [1.29, 1.82) is 0 Å². The molecule has 0 saturated carbocycles. The number of amides is 1. The second-order valence-corrected chi connectivity index (χ2v) is 5.09. The first-order valence-corrected chi connectivity index (χ1v) is 6.61. The third kappa shape index (κ3) is 4.57. The number of carbonyl (C=O) groups is 1. The van der Waals surface area contributed by atoms with E-state index in [1.807, 2.05) is 0 Å². The van der Waals surface area contributed by atoms with E-state index in [0.717, 1.165) is 6.26 Å². The Bertz CT molecular complexity index is 541. The number of hydrogen-bond acceptors (Lipinski definition) is 3. The summed E-state index contributed by atoms with van der Waals surface area (Å²) in [6, 6.07) is 6.04. The van der Waals surface area contributed by atoms with Crippen molar-refractivity contribution in [1.82, 2.24) is 5.32 Å². The Morgan fingerprint density at radius 1 is 1.35 bits per heavy atom. The smallest absolute Gasteiger partial charge is 0.252 e. The second-order valence-electron chi connectivity index (χ2n) is 3.34. The lowest BCUT2D eigenvalue weighted by molar-refractivity contribution is 0.0958. The van der Waals surface area contributed by atoms with Gasteiger partial charge in [0.15, 0.2) is 0 Å². The number of carbonyl (C=O) groups excluding carboxylic acids is 1. The zero-order valence-corrected chi connectivity index (χ0v) is 10.0. The number of nitrogens with one attached hydrogen (secondary N) is 2. The van der Waals surface area contributed by atoms with Gasteiger partial charge in [-0.05, 0) is 24.3 Å². The average molecular weight is 252 g/mol. The average Bonchev–Trinajstić information content (AvgIpc) is 2.24. The van der Waals surface area contributed by atoms with Crippen LogP contribution in [0.5, 0.6) is 0 Å². The molecular formula is C11H12N2O3S. The summed E-state index contributed by atoms with van der Waals surface area (Å²) in [4.78, 5) is 11.5. The summed E-state index contributed by atoms with van der Waals surface area (Å²) in [5, 5.41) is 2.50. The van der Waals surface area contributed by atoms with Crippen molar-refractivity contribution in [3.8, 4) is 12.3 Å². The van der Waals surface area contributed by atoms with Crippen LogP contribution in [0.4, 0.5) is 5.69 Å². The molecule has 0 atom stereocenters. The number of anilines is 1. The highest BCUT2D eigenvalue weighted by molar-refractivity contribution is 7.92. The van der Waals surface area contributed by atoms with E-state index in [2.05, 4.69) is 16.0 Å². The van der Waals surface area contributed by atoms with Crippen molar-refractivity contribution < 1.29 is 13.2 Å². The van der Waals surface area contributed by atoms with Crippen LogP contribution >= 0.6 is 0 Å². The Balaban J connectivity index is 2.75. The summed E-state index contributed by atoms with van der Waals surface area (Å²) in [6.07, 6.45) is 6.06. The van der Waals surface area contributed by atoms with Crippen molar-refractivity contribution in [3.05, 3.63) is 29.8 Å². The minimum Gasteiger partial charge on any atom is -0.341 e. The van der Waals surface area contributed by atoms with E-state index in [1.165, 1.54) is 24.3 Å². The quantitative estimate of drug-likeness (QED) is 0.763. The largest absolute Gasteiger partial charge is 0.341 e. The number of sulfonamides is 1. The molecule has 6 heteroatoms. The third-order valence-electron chi connectivity index (χ3n) is 1.80. The van der Waals surface area contributed by atoms with Crippen molar-refractivity contribution >= 4 is 21.6 Å². The fourth-order valence-electron chi connectivity index (χ4n) is 1.14. The lowest BCUT2D eigenvalue weighted by Gasteiger charge is -2.05.